The number of halogens is 2. The van der Waals surface area contributed by atoms with Crippen molar-refractivity contribution in [2.75, 3.05) is 14.2 Å². The van der Waals surface area contributed by atoms with E-state index >= 15 is 0 Å². The highest BCUT2D eigenvalue weighted by Crippen LogP contribution is 2.21. The number of rotatable bonds is 8. The highest BCUT2D eigenvalue weighted by molar-refractivity contribution is 6.67. The molecule has 5 heteroatoms. The Hall–Kier alpha value is -0.783. The molecule has 0 atom stereocenters. The Bertz CT molecular complexity index is 387. The zero-order valence-corrected chi connectivity index (χ0v) is 12.8. The summed E-state index contributed by atoms with van der Waals surface area (Å²) in [7, 11) is 1.40. The van der Waals surface area contributed by atoms with E-state index in [-0.39, 0.29) is 0 Å². The maximum absolute atomic E-state index is 13.0. The Kier molecular flexibility index (Phi) is 6.61. The fourth-order valence-corrected chi connectivity index (χ4v) is 4.47. The van der Waals surface area contributed by atoms with Crippen molar-refractivity contribution >= 4 is 8.56 Å². The zero-order chi connectivity index (χ0) is 14.3. The topological polar surface area (TPSA) is 18.5 Å². The Morgan fingerprint density at radius 3 is 2.26 bits per heavy atom. The molecule has 2 nitrogen and oxygen atoms in total. The fraction of sp³-hybridized carbons (Fsp3) is 0.571. The molecule has 0 saturated heterocycles. The van der Waals surface area contributed by atoms with Gasteiger partial charge in [-0.15, -0.1) is 0 Å². The number of unbranched alkanes of at least 4 members (excludes halogenated alkanes) is 1. The number of hydrogen-bond acceptors (Lipinski definition) is 2. The Labute approximate surface area is 115 Å². The molecule has 0 N–H and O–H groups in total. The minimum Gasteiger partial charge on any atom is -0.398 e. The van der Waals surface area contributed by atoms with Gasteiger partial charge in [-0.25, -0.2) is 8.78 Å². The second kappa shape index (κ2) is 7.72. The van der Waals surface area contributed by atoms with Crippen molar-refractivity contribution in [2.45, 2.75) is 38.3 Å². The third-order valence-electron chi connectivity index (χ3n) is 3.54. The second-order valence-corrected chi connectivity index (χ2v) is 8.47. The summed E-state index contributed by atoms with van der Waals surface area (Å²) in [6, 6.07) is 5.94. The van der Waals surface area contributed by atoms with Crippen LogP contribution in [0, 0.1) is 11.6 Å². The van der Waals surface area contributed by atoms with E-state index in [9.17, 15) is 8.78 Å². The third kappa shape index (κ3) is 4.67. The third-order valence-corrected chi connectivity index (χ3v) is 7.22. The van der Waals surface area contributed by atoms with Gasteiger partial charge in [-0.3, -0.25) is 0 Å². The lowest BCUT2D eigenvalue weighted by atomic mass is 10.1. The monoisotopic (exact) mass is 288 g/mol. The normalized spacial score (nSPS) is 11.8. The Morgan fingerprint density at radius 1 is 1.05 bits per heavy atom. The zero-order valence-electron chi connectivity index (χ0n) is 11.8. The molecular formula is C14H22F2O2Si. The SMILES string of the molecule is CC[Si](CCCCc1ccc(F)c(F)c1)(OC)OC. The average Bonchev–Trinajstić information content (AvgIpc) is 2.44. The molecule has 0 fully saturated rings. The smallest absolute Gasteiger partial charge is 0.337 e. The van der Waals surface area contributed by atoms with Gasteiger partial charge in [0, 0.05) is 14.2 Å². The van der Waals surface area contributed by atoms with Gasteiger partial charge in [0.25, 0.3) is 0 Å². The Balaban J connectivity index is 2.40. The molecule has 0 spiro atoms. The molecule has 1 aromatic carbocycles. The van der Waals surface area contributed by atoms with Crippen LogP contribution >= 0.6 is 0 Å². The van der Waals surface area contributed by atoms with Crippen LogP contribution in [0.4, 0.5) is 8.78 Å². The molecule has 0 aliphatic carbocycles. The number of benzene rings is 1. The first kappa shape index (κ1) is 16.3. The summed E-state index contributed by atoms with van der Waals surface area (Å²) in [4.78, 5) is 0. The molecule has 0 unspecified atom stereocenters. The van der Waals surface area contributed by atoms with E-state index in [2.05, 4.69) is 6.92 Å². The van der Waals surface area contributed by atoms with Gasteiger partial charge in [-0.05, 0) is 42.6 Å². The number of aryl methyl sites for hydroxylation is 1. The molecule has 0 amide bonds. The van der Waals surface area contributed by atoms with Gasteiger partial charge in [-0.1, -0.05) is 19.4 Å². The van der Waals surface area contributed by atoms with E-state index in [0.29, 0.717) is 0 Å². The molecule has 1 aromatic rings. The molecule has 1 rings (SSSR count). The Morgan fingerprint density at radius 2 is 1.74 bits per heavy atom. The van der Waals surface area contributed by atoms with Crippen LogP contribution in [-0.2, 0) is 15.3 Å². The van der Waals surface area contributed by atoms with Crippen LogP contribution in [0.15, 0.2) is 18.2 Å². The fourth-order valence-electron chi connectivity index (χ4n) is 2.17. The second-order valence-electron chi connectivity index (χ2n) is 4.63. The van der Waals surface area contributed by atoms with Crippen LogP contribution in [0.5, 0.6) is 0 Å². The lowest BCUT2D eigenvalue weighted by Gasteiger charge is -2.25. The summed E-state index contributed by atoms with van der Waals surface area (Å²) in [5.74, 6) is -1.57. The lowest BCUT2D eigenvalue weighted by molar-refractivity contribution is 0.241. The van der Waals surface area contributed by atoms with E-state index < -0.39 is 20.2 Å². The van der Waals surface area contributed by atoms with Crippen molar-refractivity contribution in [1.82, 2.24) is 0 Å². The summed E-state index contributed by atoms with van der Waals surface area (Å²) in [6.07, 6.45) is 2.64. The van der Waals surface area contributed by atoms with Gasteiger partial charge in [-0.2, -0.15) is 0 Å². The van der Waals surface area contributed by atoms with Gasteiger partial charge >= 0.3 is 8.56 Å². The summed E-state index contributed by atoms with van der Waals surface area (Å²) in [5, 5.41) is 0. The highest BCUT2D eigenvalue weighted by Gasteiger charge is 2.32. The van der Waals surface area contributed by atoms with Crippen molar-refractivity contribution in [3.8, 4) is 0 Å². The first-order valence-electron chi connectivity index (χ1n) is 6.61. The van der Waals surface area contributed by atoms with Gasteiger partial charge < -0.3 is 8.85 Å². The van der Waals surface area contributed by atoms with Crippen LogP contribution in [-0.4, -0.2) is 22.8 Å². The van der Waals surface area contributed by atoms with Crippen LogP contribution in [0.2, 0.25) is 12.1 Å². The predicted molar refractivity (Wildman–Crippen MR) is 74.4 cm³/mol. The molecule has 0 aromatic heterocycles. The molecular weight excluding hydrogens is 266 g/mol. The molecule has 0 saturated carbocycles. The lowest BCUT2D eigenvalue weighted by Crippen LogP contribution is -2.38. The van der Waals surface area contributed by atoms with E-state index in [1.807, 2.05) is 0 Å². The van der Waals surface area contributed by atoms with Gasteiger partial charge in [0.1, 0.15) is 0 Å². The molecule has 108 valence electrons. The number of hydrogen-bond donors (Lipinski definition) is 0. The van der Waals surface area contributed by atoms with Crippen LogP contribution in [0.3, 0.4) is 0 Å². The van der Waals surface area contributed by atoms with Gasteiger partial charge in [0.15, 0.2) is 11.6 Å². The standard InChI is InChI=1S/C14H22F2O2Si/c1-4-19(17-2,18-3)10-6-5-7-12-8-9-13(15)14(16)11-12/h8-9,11H,4-7,10H2,1-3H3. The van der Waals surface area contributed by atoms with Gasteiger partial charge in [0.05, 0.1) is 0 Å². The summed E-state index contributed by atoms with van der Waals surface area (Å²) in [5.41, 5.74) is 0.831. The molecule has 0 bridgehead atoms. The van der Waals surface area contributed by atoms with Crippen molar-refractivity contribution < 1.29 is 17.6 Å². The van der Waals surface area contributed by atoms with Gasteiger partial charge in [0.2, 0.25) is 0 Å². The maximum Gasteiger partial charge on any atom is 0.337 e. The van der Waals surface area contributed by atoms with Crippen molar-refractivity contribution in [2.24, 2.45) is 0 Å². The van der Waals surface area contributed by atoms with Crippen LogP contribution < -0.4 is 0 Å². The quantitative estimate of drug-likeness (QED) is 0.531. The van der Waals surface area contributed by atoms with Crippen molar-refractivity contribution in [3.05, 3.63) is 35.4 Å². The largest absolute Gasteiger partial charge is 0.398 e. The summed E-state index contributed by atoms with van der Waals surface area (Å²) < 4.78 is 36.9. The van der Waals surface area contributed by atoms with E-state index in [1.165, 1.54) is 12.1 Å². The van der Waals surface area contributed by atoms with Crippen LogP contribution in [0.1, 0.15) is 25.3 Å². The molecule has 0 heterocycles. The highest BCUT2D eigenvalue weighted by atomic mass is 28.4. The first-order valence-corrected chi connectivity index (χ1v) is 8.84. The maximum atomic E-state index is 13.0. The van der Waals surface area contributed by atoms with Crippen molar-refractivity contribution in [3.63, 3.8) is 0 Å². The molecule has 0 aliphatic rings. The minimum atomic E-state index is -2.01. The van der Waals surface area contributed by atoms with E-state index in [4.69, 9.17) is 8.85 Å². The van der Waals surface area contributed by atoms with E-state index in [0.717, 1.165) is 36.9 Å². The minimum absolute atomic E-state index is 0.749. The molecule has 0 aliphatic heterocycles. The summed E-state index contributed by atoms with van der Waals surface area (Å²) >= 11 is 0. The summed E-state index contributed by atoms with van der Waals surface area (Å²) in [6.45, 7) is 2.08. The molecule has 19 heavy (non-hydrogen) atoms. The first-order chi connectivity index (χ1) is 9.06. The van der Waals surface area contributed by atoms with Crippen LogP contribution in [0.25, 0.3) is 0 Å². The molecule has 0 radical (unpaired) electrons. The average molecular weight is 288 g/mol. The van der Waals surface area contributed by atoms with Crippen molar-refractivity contribution in [1.29, 1.82) is 0 Å². The predicted octanol–water partition coefficient (Wildman–Crippen LogP) is 4.04. The van der Waals surface area contributed by atoms with E-state index in [1.54, 1.807) is 20.3 Å².